The predicted octanol–water partition coefficient (Wildman–Crippen LogP) is 3.13. The molecule has 1 aliphatic rings. The molecule has 0 unspecified atom stereocenters. The fraction of sp³-hybridized carbons (Fsp3) is 0.190. The van der Waals surface area contributed by atoms with Crippen LogP contribution in [0.1, 0.15) is 20.7 Å². The van der Waals surface area contributed by atoms with E-state index in [1.54, 1.807) is 12.1 Å². The van der Waals surface area contributed by atoms with Gasteiger partial charge in [0.15, 0.2) is 5.82 Å². The lowest BCUT2D eigenvalue weighted by Gasteiger charge is -2.34. The summed E-state index contributed by atoms with van der Waals surface area (Å²) in [6.45, 7) is 0.803. The number of H-pyrrole nitrogens is 1. The van der Waals surface area contributed by atoms with E-state index >= 15 is 0 Å². The molecule has 1 N–H and O–H groups in total. The maximum Gasteiger partial charge on any atom is 0.295 e. The Balaban J connectivity index is 1.44. The van der Waals surface area contributed by atoms with Crippen molar-refractivity contribution in [2.75, 3.05) is 26.2 Å². The van der Waals surface area contributed by atoms with Crippen LogP contribution >= 0.6 is 11.6 Å². The number of ketones is 1. The maximum absolute atomic E-state index is 14.1. The zero-order chi connectivity index (χ0) is 20.5. The van der Waals surface area contributed by atoms with Gasteiger partial charge >= 0.3 is 0 Å². The molecular formula is C21H17ClFN3O3. The van der Waals surface area contributed by atoms with E-state index in [-0.39, 0.29) is 36.8 Å². The van der Waals surface area contributed by atoms with Gasteiger partial charge in [0, 0.05) is 43.3 Å². The van der Waals surface area contributed by atoms with Crippen molar-refractivity contribution in [2.45, 2.75) is 0 Å². The first-order valence-corrected chi connectivity index (χ1v) is 9.48. The number of nitrogens with one attached hydrogen (secondary N) is 1. The second kappa shape index (κ2) is 7.67. The van der Waals surface area contributed by atoms with Crippen LogP contribution in [0.25, 0.3) is 10.9 Å². The summed E-state index contributed by atoms with van der Waals surface area (Å²) in [5.41, 5.74) is 1.000. The molecule has 0 aliphatic carbocycles. The van der Waals surface area contributed by atoms with Crippen LogP contribution in [0.15, 0.2) is 48.7 Å². The zero-order valence-electron chi connectivity index (χ0n) is 15.3. The van der Waals surface area contributed by atoms with E-state index in [0.717, 1.165) is 5.52 Å². The first kappa shape index (κ1) is 19.1. The molecule has 0 spiro atoms. The summed E-state index contributed by atoms with van der Waals surface area (Å²) in [5, 5.41) is 0.574. The van der Waals surface area contributed by atoms with E-state index in [1.165, 1.54) is 34.2 Å². The van der Waals surface area contributed by atoms with E-state index < -0.39 is 23.4 Å². The quantitative estimate of drug-likeness (QED) is 0.529. The van der Waals surface area contributed by atoms with Crippen molar-refractivity contribution in [2.24, 2.45) is 0 Å². The SMILES string of the molecule is O=C(C(=O)N1CCN(C(=O)c2cccc(Cl)c2F)CC1)c1c[nH]c2ccccc12. The summed E-state index contributed by atoms with van der Waals surface area (Å²) in [7, 11) is 0. The summed E-state index contributed by atoms with van der Waals surface area (Å²) < 4.78 is 14.1. The minimum Gasteiger partial charge on any atom is -0.360 e. The summed E-state index contributed by atoms with van der Waals surface area (Å²) >= 11 is 5.75. The topological polar surface area (TPSA) is 73.5 Å². The van der Waals surface area contributed by atoms with Gasteiger partial charge in [0.05, 0.1) is 16.1 Å². The largest absolute Gasteiger partial charge is 0.360 e. The fourth-order valence-electron chi connectivity index (χ4n) is 3.47. The first-order chi connectivity index (χ1) is 14.0. The van der Waals surface area contributed by atoms with Crippen molar-refractivity contribution in [1.82, 2.24) is 14.8 Å². The summed E-state index contributed by atoms with van der Waals surface area (Å²) in [6.07, 6.45) is 1.53. The Bertz CT molecular complexity index is 1120. The van der Waals surface area contributed by atoms with Crippen LogP contribution in [-0.2, 0) is 4.79 Å². The van der Waals surface area contributed by atoms with Crippen LogP contribution in [0.3, 0.4) is 0 Å². The average molecular weight is 414 g/mol. The van der Waals surface area contributed by atoms with Crippen molar-refractivity contribution >= 4 is 40.1 Å². The molecule has 1 fully saturated rings. The minimum atomic E-state index is -0.757. The number of rotatable bonds is 3. The molecule has 1 aliphatic heterocycles. The second-order valence-corrected chi connectivity index (χ2v) is 7.17. The summed E-state index contributed by atoms with van der Waals surface area (Å²) in [6, 6.07) is 11.5. The molecule has 6 nitrogen and oxygen atoms in total. The van der Waals surface area contributed by atoms with Crippen LogP contribution in [0.4, 0.5) is 4.39 Å². The Morgan fingerprint density at radius 3 is 2.34 bits per heavy atom. The zero-order valence-corrected chi connectivity index (χ0v) is 16.1. The monoisotopic (exact) mass is 413 g/mol. The fourth-order valence-corrected chi connectivity index (χ4v) is 3.64. The van der Waals surface area contributed by atoms with E-state index in [1.807, 2.05) is 12.1 Å². The number of fused-ring (bicyclic) bond motifs is 1. The molecule has 0 atom stereocenters. The third kappa shape index (κ3) is 3.49. The van der Waals surface area contributed by atoms with Gasteiger partial charge in [-0.1, -0.05) is 35.9 Å². The van der Waals surface area contributed by atoms with Crippen molar-refractivity contribution in [3.05, 3.63) is 70.6 Å². The first-order valence-electron chi connectivity index (χ1n) is 9.10. The van der Waals surface area contributed by atoms with Crippen LogP contribution in [0.5, 0.6) is 0 Å². The van der Waals surface area contributed by atoms with Crippen LogP contribution in [-0.4, -0.2) is 58.6 Å². The maximum atomic E-state index is 14.1. The van der Waals surface area contributed by atoms with E-state index in [0.29, 0.717) is 10.9 Å². The highest BCUT2D eigenvalue weighted by atomic mass is 35.5. The molecule has 0 radical (unpaired) electrons. The van der Waals surface area contributed by atoms with Crippen molar-refractivity contribution in [1.29, 1.82) is 0 Å². The second-order valence-electron chi connectivity index (χ2n) is 6.76. The lowest BCUT2D eigenvalue weighted by molar-refractivity contribution is -0.127. The van der Waals surface area contributed by atoms with Crippen molar-refractivity contribution < 1.29 is 18.8 Å². The number of benzene rings is 2. The number of hydrogen-bond donors (Lipinski definition) is 1. The van der Waals surface area contributed by atoms with E-state index in [2.05, 4.69) is 4.98 Å². The average Bonchev–Trinajstić information content (AvgIpc) is 3.18. The smallest absolute Gasteiger partial charge is 0.295 e. The molecule has 2 aromatic carbocycles. The highest BCUT2D eigenvalue weighted by molar-refractivity contribution is 6.44. The highest BCUT2D eigenvalue weighted by Gasteiger charge is 2.30. The molecule has 1 saturated heterocycles. The molecule has 4 rings (SSSR count). The number of Topliss-reactive ketones (excluding diaryl/α,β-unsaturated/α-hetero) is 1. The summed E-state index contributed by atoms with van der Waals surface area (Å²) in [5.74, 6) is -2.45. The molecule has 2 amide bonds. The number of amides is 2. The Kier molecular flexibility index (Phi) is 5.07. The van der Waals surface area contributed by atoms with Crippen molar-refractivity contribution in [3.63, 3.8) is 0 Å². The molecular weight excluding hydrogens is 397 g/mol. The number of nitrogens with zero attached hydrogens (tertiary/aromatic N) is 2. The lowest BCUT2D eigenvalue weighted by atomic mass is 10.1. The number of piperazine rings is 1. The Morgan fingerprint density at radius 1 is 0.897 bits per heavy atom. The minimum absolute atomic E-state index is 0.104. The van der Waals surface area contributed by atoms with Gasteiger partial charge in [-0.15, -0.1) is 0 Å². The van der Waals surface area contributed by atoms with Gasteiger partial charge in [-0.25, -0.2) is 4.39 Å². The number of aromatic amines is 1. The van der Waals surface area contributed by atoms with Gasteiger partial charge in [-0.05, 0) is 18.2 Å². The number of para-hydroxylation sites is 1. The molecule has 1 aromatic heterocycles. The molecule has 2 heterocycles. The van der Waals surface area contributed by atoms with Crippen molar-refractivity contribution in [3.8, 4) is 0 Å². The third-order valence-corrected chi connectivity index (χ3v) is 5.36. The molecule has 29 heavy (non-hydrogen) atoms. The number of carbonyl (C=O) groups is 3. The van der Waals surface area contributed by atoms with Gasteiger partial charge in [0.25, 0.3) is 17.6 Å². The van der Waals surface area contributed by atoms with Crippen LogP contribution < -0.4 is 0 Å². The Morgan fingerprint density at radius 2 is 1.59 bits per heavy atom. The number of carbonyl (C=O) groups excluding carboxylic acids is 3. The number of aromatic nitrogens is 1. The molecule has 8 heteroatoms. The standard InChI is InChI=1S/C21H17ClFN3O3/c22-16-6-3-5-14(18(16)23)20(28)25-8-10-26(11-9-25)21(29)19(27)15-12-24-17-7-2-1-4-13(15)17/h1-7,12,24H,8-11H2. The summed E-state index contributed by atoms with van der Waals surface area (Å²) in [4.78, 5) is 43.8. The number of hydrogen-bond acceptors (Lipinski definition) is 3. The van der Waals surface area contributed by atoms with Gasteiger partial charge in [-0.3, -0.25) is 14.4 Å². The third-order valence-electron chi connectivity index (χ3n) is 5.06. The molecule has 0 saturated carbocycles. The van der Waals surface area contributed by atoms with Crippen LogP contribution in [0.2, 0.25) is 5.02 Å². The molecule has 3 aromatic rings. The Hall–Kier alpha value is -3.19. The van der Waals surface area contributed by atoms with Gasteiger partial charge in [0.1, 0.15) is 0 Å². The normalized spacial score (nSPS) is 14.3. The van der Waals surface area contributed by atoms with Gasteiger partial charge < -0.3 is 14.8 Å². The van der Waals surface area contributed by atoms with E-state index in [4.69, 9.17) is 11.6 Å². The molecule has 0 bridgehead atoms. The van der Waals surface area contributed by atoms with Gasteiger partial charge in [-0.2, -0.15) is 0 Å². The number of halogens is 2. The predicted molar refractivity (Wildman–Crippen MR) is 107 cm³/mol. The van der Waals surface area contributed by atoms with Gasteiger partial charge in [0.2, 0.25) is 0 Å². The lowest BCUT2D eigenvalue weighted by Crippen LogP contribution is -2.52. The highest BCUT2D eigenvalue weighted by Crippen LogP contribution is 2.21. The Labute approximate surface area is 170 Å². The van der Waals surface area contributed by atoms with Crippen LogP contribution in [0, 0.1) is 5.82 Å². The van der Waals surface area contributed by atoms with E-state index in [9.17, 15) is 18.8 Å². The molecule has 148 valence electrons.